The van der Waals surface area contributed by atoms with Gasteiger partial charge in [-0.1, -0.05) is 0 Å². The van der Waals surface area contributed by atoms with Gasteiger partial charge in [0.2, 0.25) is 0 Å². The Kier molecular flexibility index (Phi) is 3.70. The number of anilines is 2. The van der Waals surface area contributed by atoms with Gasteiger partial charge in [-0.05, 0) is 32.0 Å². The molecule has 6 heteroatoms. The highest BCUT2D eigenvalue weighted by Crippen LogP contribution is 2.23. The van der Waals surface area contributed by atoms with Crippen molar-refractivity contribution in [2.24, 2.45) is 0 Å². The van der Waals surface area contributed by atoms with E-state index in [9.17, 15) is 4.79 Å². The number of amides is 1. The number of H-pyrrole nitrogens is 1. The maximum atomic E-state index is 12.0. The number of aromatic amines is 1. The summed E-state index contributed by atoms with van der Waals surface area (Å²) in [5.41, 5.74) is 7.60. The second kappa shape index (κ2) is 5.43. The minimum atomic E-state index is -0.248. The zero-order valence-corrected chi connectivity index (χ0v) is 10.9. The smallest absolute Gasteiger partial charge is 0.256 e. The molecular weight excluding hydrogens is 244 g/mol. The topological polar surface area (TPSA) is 93.0 Å². The van der Waals surface area contributed by atoms with Crippen LogP contribution in [0.4, 0.5) is 11.5 Å². The fraction of sp³-hybridized carbons (Fsp3) is 0.231. The molecule has 1 amide bonds. The molecule has 2 rings (SSSR count). The van der Waals surface area contributed by atoms with Gasteiger partial charge >= 0.3 is 0 Å². The summed E-state index contributed by atoms with van der Waals surface area (Å²) < 4.78 is 5.32. The number of nitrogen functional groups attached to an aromatic ring is 1. The Morgan fingerprint density at radius 3 is 2.89 bits per heavy atom. The van der Waals surface area contributed by atoms with Crippen LogP contribution in [0.3, 0.4) is 0 Å². The van der Waals surface area contributed by atoms with E-state index in [-0.39, 0.29) is 5.91 Å². The van der Waals surface area contributed by atoms with Gasteiger partial charge in [-0.3, -0.25) is 9.89 Å². The number of benzene rings is 1. The molecule has 1 aromatic carbocycles. The molecule has 0 aliphatic heterocycles. The minimum Gasteiger partial charge on any atom is -0.492 e. The zero-order valence-electron chi connectivity index (χ0n) is 10.9. The molecule has 0 atom stereocenters. The molecule has 2 aromatic rings. The minimum absolute atomic E-state index is 0.248. The van der Waals surface area contributed by atoms with E-state index in [2.05, 4.69) is 15.5 Å². The molecule has 0 bridgehead atoms. The molecule has 0 fully saturated rings. The largest absolute Gasteiger partial charge is 0.492 e. The molecule has 4 N–H and O–H groups in total. The van der Waals surface area contributed by atoms with Crippen molar-refractivity contribution < 1.29 is 9.53 Å². The first-order valence-electron chi connectivity index (χ1n) is 5.95. The Hall–Kier alpha value is -2.50. The van der Waals surface area contributed by atoms with E-state index >= 15 is 0 Å². The third-order valence-electron chi connectivity index (χ3n) is 2.64. The van der Waals surface area contributed by atoms with Gasteiger partial charge in [-0.2, -0.15) is 5.10 Å². The van der Waals surface area contributed by atoms with Crippen molar-refractivity contribution in [2.75, 3.05) is 17.7 Å². The number of hydrogen-bond donors (Lipinski definition) is 3. The van der Waals surface area contributed by atoms with Crippen molar-refractivity contribution in [2.45, 2.75) is 13.8 Å². The van der Waals surface area contributed by atoms with E-state index in [1.165, 1.54) is 0 Å². The van der Waals surface area contributed by atoms with Crippen LogP contribution in [0.1, 0.15) is 22.8 Å². The normalized spacial score (nSPS) is 10.2. The van der Waals surface area contributed by atoms with Gasteiger partial charge in [-0.15, -0.1) is 0 Å². The number of aryl methyl sites for hydroxylation is 1. The fourth-order valence-electron chi connectivity index (χ4n) is 1.64. The molecule has 0 saturated carbocycles. The van der Waals surface area contributed by atoms with Gasteiger partial charge in [0.05, 0.1) is 18.5 Å². The summed E-state index contributed by atoms with van der Waals surface area (Å²) in [6.07, 6.45) is 1.64. The van der Waals surface area contributed by atoms with Gasteiger partial charge in [0.1, 0.15) is 11.6 Å². The zero-order chi connectivity index (χ0) is 13.8. The van der Waals surface area contributed by atoms with Crippen molar-refractivity contribution in [3.05, 3.63) is 35.5 Å². The van der Waals surface area contributed by atoms with Gasteiger partial charge in [0.25, 0.3) is 5.91 Å². The predicted molar refractivity (Wildman–Crippen MR) is 73.3 cm³/mol. The molecule has 0 aliphatic rings. The number of hydrogen-bond acceptors (Lipinski definition) is 4. The second-order valence-electron chi connectivity index (χ2n) is 4.07. The molecule has 0 unspecified atom stereocenters. The highest BCUT2D eigenvalue weighted by molar-refractivity contribution is 6.04. The van der Waals surface area contributed by atoms with E-state index in [0.29, 0.717) is 29.4 Å². The molecular formula is C13H16N4O2. The fourth-order valence-corrected chi connectivity index (χ4v) is 1.64. The summed E-state index contributed by atoms with van der Waals surface area (Å²) in [7, 11) is 0. The van der Waals surface area contributed by atoms with E-state index in [0.717, 1.165) is 5.56 Å². The first-order valence-corrected chi connectivity index (χ1v) is 5.95. The molecule has 0 saturated heterocycles. The van der Waals surface area contributed by atoms with Crippen LogP contribution >= 0.6 is 0 Å². The van der Waals surface area contributed by atoms with Crippen molar-refractivity contribution in [3.63, 3.8) is 0 Å². The van der Waals surface area contributed by atoms with Gasteiger partial charge in [0.15, 0.2) is 0 Å². The van der Waals surface area contributed by atoms with E-state index in [1.807, 2.05) is 13.8 Å². The lowest BCUT2D eigenvalue weighted by Crippen LogP contribution is -2.13. The van der Waals surface area contributed by atoms with Crippen LogP contribution in [0.15, 0.2) is 24.4 Å². The van der Waals surface area contributed by atoms with Gasteiger partial charge in [0, 0.05) is 11.1 Å². The van der Waals surface area contributed by atoms with E-state index < -0.39 is 0 Å². The molecule has 0 aliphatic carbocycles. The second-order valence-corrected chi connectivity index (χ2v) is 4.07. The van der Waals surface area contributed by atoms with Gasteiger partial charge < -0.3 is 15.8 Å². The molecule has 1 heterocycles. The molecule has 100 valence electrons. The number of nitrogens with zero attached hydrogens (tertiary/aromatic N) is 1. The third-order valence-corrected chi connectivity index (χ3v) is 2.64. The van der Waals surface area contributed by atoms with Crippen LogP contribution in [-0.4, -0.2) is 22.7 Å². The lowest BCUT2D eigenvalue weighted by Gasteiger charge is -2.09. The maximum Gasteiger partial charge on any atom is 0.256 e. The Bertz CT molecular complexity index is 592. The van der Waals surface area contributed by atoms with Crippen LogP contribution in [0, 0.1) is 6.92 Å². The number of carbonyl (C=O) groups is 1. The predicted octanol–water partition coefficient (Wildman–Crippen LogP) is 1.95. The Morgan fingerprint density at radius 1 is 1.53 bits per heavy atom. The van der Waals surface area contributed by atoms with Crippen molar-refractivity contribution in [1.29, 1.82) is 0 Å². The first kappa shape index (κ1) is 12.9. The average Bonchev–Trinajstić information content (AvgIpc) is 2.78. The maximum absolute atomic E-state index is 12.0. The average molecular weight is 260 g/mol. The molecule has 0 radical (unpaired) electrons. The highest BCUT2D eigenvalue weighted by Gasteiger charge is 2.11. The SMILES string of the molecule is CCOc1ccc(C(=O)Nc2[nH]ncc2C)cc1N. The summed E-state index contributed by atoms with van der Waals surface area (Å²) in [6, 6.07) is 4.95. The summed E-state index contributed by atoms with van der Waals surface area (Å²) in [4.78, 5) is 12.0. The lowest BCUT2D eigenvalue weighted by atomic mass is 10.1. The quantitative estimate of drug-likeness (QED) is 0.732. The molecule has 19 heavy (non-hydrogen) atoms. The molecule has 6 nitrogen and oxygen atoms in total. The summed E-state index contributed by atoms with van der Waals surface area (Å²) in [5, 5.41) is 9.29. The van der Waals surface area contributed by atoms with Crippen LogP contribution in [0.2, 0.25) is 0 Å². The van der Waals surface area contributed by atoms with E-state index in [1.54, 1.807) is 24.4 Å². The van der Waals surface area contributed by atoms with Crippen LogP contribution < -0.4 is 15.8 Å². The molecule has 0 spiro atoms. The number of ether oxygens (including phenoxy) is 1. The Balaban J connectivity index is 2.16. The lowest BCUT2D eigenvalue weighted by molar-refractivity contribution is 0.102. The Labute approximate surface area is 111 Å². The number of nitrogens with one attached hydrogen (secondary N) is 2. The van der Waals surface area contributed by atoms with Crippen LogP contribution in [0.5, 0.6) is 5.75 Å². The highest BCUT2D eigenvalue weighted by atomic mass is 16.5. The number of nitrogens with two attached hydrogens (primary N) is 1. The monoisotopic (exact) mass is 260 g/mol. The number of carbonyl (C=O) groups excluding carboxylic acids is 1. The third kappa shape index (κ3) is 2.85. The van der Waals surface area contributed by atoms with E-state index in [4.69, 9.17) is 10.5 Å². The molecule has 1 aromatic heterocycles. The van der Waals surface area contributed by atoms with Crippen molar-refractivity contribution in [3.8, 4) is 5.75 Å². The number of aromatic nitrogens is 2. The van der Waals surface area contributed by atoms with Crippen molar-refractivity contribution >= 4 is 17.4 Å². The Morgan fingerprint density at radius 2 is 2.32 bits per heavy atom. The standard InChI is InChI=1S/C13H16N4O2/c1-3-19-11-5-4-9(6-10(11)14)13(18)16-12-8(2)7-15-17-12/h4-7H,3,14H2,1-2H3,(H2,15,16,17,18). The number of rotatable bonds is 4. The summed E-state index contributed by atoms with van der Waals surface area (Å²) in [5.74, 6) is 0.913. The first-order chi connectivity index (χ1) is 9.11. The van der Waals surface area contributed by atoms with Crippen LogP contribution in [0.25, 0.3) is 0 Å². The van der Waals surface area contributed by atoms with Crippen molar-refractivity contribution in [1.82, 2.24) is 10.2 Å². The van der Waals surface area contributed by atoms with Crippen LogP contribution in [-0.2, 0) is 0 Å². The summed E-state index contributed by atoms with van der Waals surface area (Å²) in [6.45, 7) is 4.26. The van der Waals surface area contributed by atoms with Gasteiger partial charge in [-0.25, -0.2) is 0 Å². The summed E-state index contributed by atoms with van der Waals surface area (Å²) >= 11 is 0.